The van der Waals surface area contributed by atoms with Crippen LogP contribution in [0, 0.1) is 5.92 Å². The van der Waals surface area contributed by atoms with Gasteiger partial charge in [-0.3, -0.25) is 4.79 Å². The number of ketones is 1. The molecule has 0 saturated carbocycles. The molecule has 2 rings (SSSR count). The predicted octanol–water partition coefficient (Wildman–Crippen LogP) is 1.60. The fraction of sp³-hybridized carbons (Fsp3) is 0.300. The average Bonchev–Trinajstić information content (AvgIpc) is 2.49. The average molecular weight is 162 g/mol. The molecule has 2 nitrogen and oxygen atoms in total. The summed E-state index contributed by atoms with van der Waals surface area (Å²) in [5.41, 5.74) is 0.750. The van der Waals surface area contributed by atoms with E-state index in [9.17, 15) is 4.79 Å². The number of carbonyl (C=O) groups is 1. The van der Waals surface area contributed by atoms with Crippen molar-refractivity contribution in [2.24, 2.45) is 5.92 Å². The maximum atomic E-state index is 11.0. The molecule has 0 bridgehead atoms. The van der Waals surface area contributed by atoms with Gasteiger partial charge in [-0.05, 0) is 19.1 Å². The molecule has 62 valence electrons. The normalized spacial score (nSPS) is 30.9. The van der Waals surface area contributed by atoms with Gasteiger partial charge in [0.2, 0.25) is 0 Å². The van der Waals surface area contributed by atoms with E-state index < -0.39 is 0 Å². The van der Waals surface area contributed by atoms with Gasteiger partial charge in [-0.15, -0.1) is 0 Å². The van der Waals surface area contributed by atoms with Crippen molar-refractivity contribution >= 4 is 5.78 Å². The van der Waals surface area contributed by atoms with Crippen molar-refractivity contribution in [3.8, 4) is 0 Å². The van der Waals surface area contributed by atoms with E-state index in [4.69, 9.17) is 4.74 Å². The van der Waals surface area contributed by atoms with Gasteiger partial charge in [-0.25, -0.2) is 0 Å². The summed E-state index contributed by atoms with van der Waals surface area (Å²) in [5.74, 6) is 0.424. The molecule has 1 aliphatic heterocycles. The molecule has 0 saturated heterocycles. The number of fused-ring (bicyclic) bond motifs is 1. The van der Waals surface area contributed by atoms with Crippen molar-refractivity contribution in [3.05, 3.63) is 36.1 Å². The Hall–Kier alpha value is -1.31. The monoisotopic (exact) mass is 162 g/mol. The zero-order chi connectivity index (χ0) is 8.55. The third kappa shape index (κ3) is 1.09. The van der Waals surface area contributed by atoms with E-state index in [1.165, 1.54) is 0 Å². The second kappa shape index (κ2) is 2.63. The van der Waals surface area contributed by atoms with Crippen molar-refractivity contribution < 1.29 is 9.53 Å². The van der Waals surface area contributed by atoms with Crippen LogP contribution >= 0.6 is 0 Å². The molecule has 2 atom stereocenters. The molecule has 0 aromatic carbocycles. The number of rotatable bonds is 1. The van der Waals surface area contributed by atoms with Gasteiger partial charge < -0.3 is 4.74 Å². The van der Waals surface area contributed by atoms with Crippen LogP contribution in [0.5, 0.6) is 0 Å². The van der Waals surface area contributed by atoms with Gasteiger partial charge in [0.15, 0.2) is 5.78 Å². The predicted molar refractivity (Wildman–Crippen MR) is 45.4 cm³/mol. The summed E-state index contributed by atoms with van der Waals surface area (Å²) in [7, 11) is 0. The van der Waals surface area contributed by atoms with Crippen LogP contribution in [0.1, 0.15) is 6.92 Å². The van der Waals surface area contributed by atoms with E-state index in [-0.39, 0.29) is 11.9 Å². The van der Waals surface area contributed by atoms with Gasteiger partial charge in [0.05, 0.1) is 6.26 Å². The minimum Gasteiger partial charge on any atom is -0.493 e. The Labute approximate surface area is 71.2 Å². The quantitative estimate of drug-likeness (QED) is 0.585. The highest BCUT2D eigenvalue weighted by atomic mass is 16.5. The molecule has 0 N–H and O–H groups in total. The van der Waals surface area contributed by atoms with E-state index in [1.807, 2.05) is 24.3 Å². The first kappa shape index (κ1) is 7.35. The fourth-order valence-electron chi connectivity index (χ4n) is 1.43. The van der Waals surface area contributed by atoms with Crippen LogP contribution in [0.3, 0.4) is 0 Å². The Bertz CT molecular complexity index is 297. The van der Waals surface area contributed by atoms with Crippen LogP contribution < -0.4 is 0 Å². The number of hydrogen-bond donors (Lipinski definition) is 0. The van der Waals surface area contributed by atoms with E-state index in [0.717, 1.165) is 5.57 Å². The first-order chi connectivity index (χ1) is 5.77. The van der Waals surface area contributed by atoms with Crippen LogP contribution in [0.2, 0.25) is 0 Å². The van der Waals surface area contributed by atoms with Crippen LogP contribution in [0.25, 0.3) is 0 Å². The third-order valence-electron chi connectivity index (χ3n) is 2.16. The maximum Gasteiger partial charge on any atom is 0.159 e. The molecule has 0 fully saturated rings. The lowest BCUT2D eigenvalue weighted by molar-refractivity contribution is -0.113. The summed E-state index contributed by atoms with van der Waals surface area (Å²) in [6.45, 7) is 1.57. The van der Waals surface area contributed by atoms with Gasteiger partial charge in [0.1, 0.15) is 6.10 Å². The highest BCUT2D eigenvalue weighted by Crippen LogP contribution is 2.25. The van der Waals surface area contributed by atoms with Crippen molar-refractivity contribution in [2.45, 2.75) is 13.0 Å². The Morgan fingerprint density at radius 3 is 3.08 bits per heavy atom. The van der Waals surface area contributed by atoms with E-state index in [1.54, 1.807) is 13.2 Å². The zero-order valence-corrected chi connectivity index (χ0v) is 6.86. The topological polar surface area (TPSA) is 26.3 Å². The molecule has 0 radical (unpaired) electrons. The summed E-state index contributed by atoms with van der Waals surface area (Å²) < 4.78 is 5.28. The second-order valence-corrected chi connectivity index (χ2v) is 3.04. The van der Waals surface area contributed by atoms with Gasteiger partial charge in [0, 0.05) is 11.5 Å². The zero-order valence-electron chi connectivity index (χ0n) is 6.86. The van der Waals surface area contributed by atoms with Crippen LogP contribution in [0.4, 0.5) is 0 Å². The summed E-state index contributed by atoms with van der Waals surface area (Å²) in [5, 5.41) is 0. The third-order valence-corrected chi connectivity index (χ3v) is 2.16. The van der Waals surface area contributed by atoms with Crippen LogP contribution in [-0.2, 0) is 9.53 Å². The van der Waals surface area contributed by atoms with Gasteiger partial charge in [-0.1, -0.05) is 12.2 Å². The lowest BCUT2D eigenvalue weighted by Gasteiger charge is -2.16. The van der Waals surface area contributed by atoms with E-state index in [0.29, 0.717) is 5.92 Å². The summed E-state index contributed by atoms with van der Waals surface area (Å²) in [4.78, 5) is 11.0. The van der Waals surface area contributed by atoms with Crippen LogP contribution in [-0.4, -0.2) is 11.9 Å². The SMILES string of the molecule is CC(=O)C1=CC2OC=CC2C=C1. The van der Waals surface area contributed by atoms with Crippen molar-refractivity contribution in [1.82, 2.24) is 0 Å². The molecule has 0 amide bonds. The first-order valence-electron chi connectivity index (χ1n) is 4.00. The lowest BCUT2D eigenvalue weighted by atomic mass is 9.94. The number of allylic oxidation sites excluding steroid dienone is 2. The van der Waals surface area contributed by atoms with Crippen molar-refractivity contribution in [1.29, 1.82) is 0 Å². The lowest BCUT2D eigenvalue weighted by Crippen LogP contribution is -2.16. The summed E-state index contributed by atoms with van der Waals surface area (Å²) in [6.07, 6.45) is 9.49. The first-order valence-corrected chi connectivity index (χ1v) is 4.00. The molecule has 2 aliphatic rings. The molecule has 0 aromatic heterocycles. The van der Waals surface area contributed by atoms with Crippen LogP contribution in [0.15, 0.2) is 36.1 Å². The maximum absolute atomic E-state index is 11.0. The Balaban J connectivity index is 2.23. The molecular formula is C10H10O2. The Kier molecular flexibility index (Phi) is 1.61. The highest BCUT2D eigenvalue weighted by molar-refractivity contribution is 5.96. The summed E-state index contributed by atoms with van der Waals surface area (Å²) >= 11 is 0. The Morgan fingerprint density at radius 2 is 2.33 bits per heavy atom. The van der Waals surface area contributed by atoms with Crippen molar-refractivity contribution in [2.75, 3.05) is 0 Å². The van der Waals surface area contributed by atoms with Gasteiger partial charge in [-0.2, -0.15) is 0 Å². The number of carbonyl (C=O) groups excluding carboxylic acids is 1. The highest BCUT2D eigenvalue weighted by Gasteiger charge is 2.24. The smallest absolute Gasteiger partial charge is 0.159 e. The molecule has 1 aliphatic carbocycles. The molecule has 0 aromatic rings. The number of Topliss-reactive ketones (excluding diaryl/α,β-unsaturated/α-hetero) is 1. The molecule has 1 heterocycles. The molecule has 2 heteroatoms. The van der Waals surface area contributed by atoms with E-state index >= 15 is 0 Å². The van der Waals surface area contributed by atoms with Gasteiger partial charge in [0.25, 0.3) is 0 Å². The summed E-state index contributed by atoms with van der Waals surface area (Å²) in [6, 6.07) is 0. The van der Waals surface area contributed by atoms with E-state index in [2.05, 4.69) is 0 Å². The molecule has 0 spiro atoms. The largest absolute Gasteiger partial charge is 0.493 e. The molecule has 12 heavy (non-hydrogen) atoms. The standard InChI is InChI=1S/C10H10O2/c1-7(11)9-3-2-8-4-5-12-10(8)6-9/h2-6,8,10H,1H3. The minimum atomic E-state index is 0.0499. The fourth-order valence-corrected chi connectivity index (χ4v) is 1.43. The Morgan fingerprint density at radius 1 is 1.50 bits per heavy atom. The van der Waals surface area contributed by atoms with Crippen molar-refractivity contribution in [3.63, 3.8) is 0 Å². The second-order valence-electron chi connectivity index (χ2n) is 3.04. The minimum absolute atomic E-state index is 0.0499. The molecule has 2 unspecified atom stereocenters. The van der Waals surface area contributed by atoms with Gasteiger partial charge >= 0.3 is 0 Å². The number of ether oxygens (including phenoxy) is 1. The molecular weight excluding hydrogens is 152 g/mol. The number of hydrogen-bond acceptors (Lipinski definition) is 2.